The van der Waals surface area contributed by atoms with Gasteiger partial charge in [0.2, 0.25) is 0 Å². The lowest BCUT2D eigenvalue weighted by atomic mass is 10.1. The number of hydrogen-bond acceptors (Lipinski definition) is 3. The van der Waals surface area contributed by atoms with Crippen molar-refractivity contribution in [3.05, 3.63) is 46.0 Å². The average Bonchev–Trinajstić information content (AvgIpc) is 2.75. The van der Waals surface area contributed by atoms with Gasteiger partial charge in [0, 0.05) is 11.3 Å². The lowest BCUT2D eigenvalue weighted by Gasteiger charge is -2.06. The van der Waals surface area contributed by atoms with Crippen LogP contribution in [0.4, 0.5) is 0 Å². The Balaban J connectivity index is 2.10. The maximum absolute atomic E-state index is 9.87. The third-order valence-corrected chi connectivity index (χ3v) is 3.08. The molecule has 2 nitrogen and oxygen atoms in total. The molecule has 0 bridgehead atoms. The Bertz CT molecular complexity index is 389. The van der Waals surface area contributed by atoms with Crippen LogP contribution in [0.5, 0.6) is 0 Å². The van der Waals surface area contributed by atoms with Gasteiger partial charge in [-0.15, -0.1) is 11.3 Å². The van der Waals surface area contributed by atoms with E-state index >= 15 is 0 Å². The van der Waals surface area contributed by atoms with Crippen LogP contribution in [0.15, 0.2) is 34.3 Å². The third-order valence-electron chi connectivity index (χ3n) is 2.18. The Morgan fingerprint density at radius 1 is 1.50 bits per heavy atom. The first-order chi connectivity index (χ1) is 6.77. The van der Waals surface area contributed by atoms with E-state index in [1.54, 1.807) is 17.6 Å². The van der Waals surface area contributed by atoms with Gasteiger partial charge >= 0.3 is 0 Å². The monoisotopic (exact) mass is 208 g/mol. The molecule has 0 saturated heterocycles. The Hall–Kier alpha value is -1.06. The van der Waals surface area contributed by atoms with Gasteiger partial charge in [-0.2, -0.15) is 0 Å². The SMILES string of the molecule is Cc1ccoc1C(O)Cc1cccs1. The Morgan fingerprint density at radius 3 is 2.93 bits per heavy atom. The van der Waals surface area contributed by atoms with E-state index in [-0.39, 0.29) is 0 Å². The molecule has 2 aromatic heterocycles. The quantitative estimate of drug-likeness (QED) is 0.841. The van der Waals surface area contributed by atoms with Crippen LogP contribution in [0.2, 0.25) is 0 Å². The number of furan rings is 1. The predicted molar refractivity (Wildman–Crippen MR) is 56.4 cm³/mol. The molecule has 0 aromatic carbocycles. The molecule has 3 heteroatoms. The van der Waals surface area contributed by atoms with E-state index in [0.29, 0.717) is 12.2 Å². The van der Waals surface area contributed by atoms with Crippen LogP contribution in [0, 0.1) is 6.92 Å². The number of aryl methyl sites for hydroxylation is 1. The van der Waals surface area contributed by atoms with Gasteiger partial charge in [-0.25, -0.2) is 0 Å². The molecule has 0 saturated carbocycles. The molecule has 0 aliphatic heterocycles. The molecule has 0 aliphatic rings. The molecule has 14 heavy (non-hydrogen) atoms. The third kappa shape index (κ3) is 1.89. The van der Waals surface area contributed by atoms with Crippen LogP contribution >= 0.6 is 11.3 Å². The van der Waals surface area contributed by atoms with E-state index in [9.17, 15) is 5.11 Å². The van der Waals surface area contributed by atoms with E-state index in [1.165, 1.54) is 4.88 Å². The highest BCUT2D eigenvalue weighted by Crippen LogP contribution is 2.24. The van der Waals surface area contributed by atoms with Crippen LogP contribution in [-0.2, 0) is 6.42 Å². The zero-order valence-electron chi connectivity index (χ0n) is 7.93. The standard InChI is InChI=1S/C11H12O2S/c1-8-4-5-13-11(8)10(12)7-9-3-2-6-14-9/h2-6,10,12H,7H2,1H3. The van der Waals surface area contributed by atoms with Crippen LogP contribution in [0.25, 0.3) is 0 Å². The molecule has 2 heterocycles. The smallest absolute Gasteiger partial charge is 0.135 e. The Morgan fingerprint density at radius 2 is 2.36 bits per heavy atom. The minimum Gasteiger partial charge on any atom is -0.466 e. The number of rotatable bonds is 3. The molecular weight excluding hydrogens is 196 g/mol. The van der Waals surface area contributed by atoms with Crippen LogP contribution < -0.4 is 0 Å². The maximum Gasteiger partial charge on any atom is 0.135 e. The second-order valence-electron chi connectivity index (χ2n) is 3.27. The number of hydrogen-bond donors (Lipinski definition) is 1. The summed E-state index contributed by atoms with van der Waals surface area (Å²) in [5.41, 5.74) is 1.01. The first-order valence-corrected chi connectivity index (χ1v) is 5.40. The normalized spacial score (nSPS) is 13.0. The fourth-order valence-electron chi connectivity index (χ4n) is 1.44. The molecule has 1 unspecified atom stereocenters. The molecular formula is C11H12O2S. The van der Waals surface area contributed by atoms with Crippen molar-refractivity contribution >= 4 is 11.3 Å². The zero-order chi connectivity index (χ0) is 9.97. The van der Waals surface area contributed by atoms with Crippen molar-refractivity contribution in [2.45, 2.75) is 19.4 Å². The van der Waals surface area contributed by atoms with Gasteiger partial charge in [-0.05, 0) is 30.0 Å². The van der Waals surface area contributed by atoms with E-state index < -0.39 is 6.10 Å². The summed E-state index contributed by atoms with van der Waals surface area (Å²) >= 11 is 1.65. The maximum atomic E-state index is 9.87. The molecule has 0 aliphatic carbocycles. The molecule has 2 rings (SSSR count). The minimum absolute atomic E-state index is 0.524. The first kappa shape index (κ1) is 9.49. The molecule has 0 amide bonds. The summed E-state index contributed by atoms with van der Waals surface area (Å²) < 4.78 is 5.23. The average molecular weight is 208 g/mol. The van der Waals surface area contributed by atoms with Crippen molar-refractivity contribution in [2.75, 3.05) is 0 Å². The fourth-order valence-corrected chi connectivity index (χ4v) is 2.18. The van der Waals surface area contributed by atoms with Gasteiger partial charge in [0.15, 0.2) is 0 Å². The summed E-state index contributed by atoms with van der Waals surface area (Å²) in [6, 6.07) is 5.88. The molecule has 74 valence electrons. The van der Waals surface area contributed by atoms with Gasteiger partial charge in [0.1, 0.15) is 11.9 Å². The van der Waals surface area contributed by atoms with Crippen LogP contribution in [0.3, 0.4) is 0 Å². The van der Waals surface area contributed by atoms with Crippen molar-refractivity contribution in [3.8, 4) is 0 Å². The molecule has 0 spiro atoms. The molecule has 2 aromatic rings. The Labute approximate surface area is 86.8 Å². The van der Waals surface area contributed by atoms with Crippen molar-refractivity contribution in [1.82, 2.24) is 0 Å². The number of thiophene rings is 1. The highest BCUT2D eigenvalue weighted by molar-refractivity contribution is 7.09. The molecule has 0 fully saturated rings. The van der Waals surface area contributed by atoms with E-state index in [4.69, 9.17) is 4.42 Å². The topological polar surface area (TPSA) is 33.4 Å². The highest BCUT2D eigenvalue weighted by atomic mass is 32.1. The lowest BCUT2D eigenvalue weighted by Crippen LogP contribution is -2.00. The van der Waals surface area contributed by atoms with Crippen molar-refractivity contribution in [1.29, 1.82) is 0 Å². The van der Waals surface area contributed by atoms with Gasteiger partial charge in [0.05, 0.1) is 6.26 Å². The molecule has 1 N–H and O–H groups in total. The second kappa shape index (κ2) is 3.98. The van der Waals surface area contributed by atoms with Crippen molar-refractivity contribution < 1.29 is 9.52 Å². The second-order valence-corrected chi connectivity index (χ2v) is 4.30. The van der Waals surface area contributed by atoms with E-state index in [2.05, 4.69) is 0 Å². The summed E-state index contributed by atoms with van der Waals surface area (Å²) in [6.45, 7) is 1.94. The predicted octanol–water partition coefficient (Wildman–Crippen LogP) is 2.93. The van der Waals surface area contributed by atoms with Gasteiger partial charge in [0.25, 0.3) is 0 Å². The Kier molecular flexibility index (Phi) is 2.70. The van der Waals surface area contributed by atoms with E-state index in [1.807, 2.05) is 30.5 Å². The van der Waals surface area contributed by atoms with Crippen LogP contribution in [0.1, 0.15) is 22.3 Å². The van der Waals surface area contributed by atoms with E-state index in [0.717, 1.165) is 5.56 Å². The molecule has 0 radical (unpaired) electrons. The number of aliphatic hydroxyl groups is 1. The summed E-state index contributed by atoms with van der Waals surface area (Å²) in [4.78, 5) is 1.17. The zero-order valence-corrected chi connectivity index (χ0v) is 8.75. The summed E-state index contributed by atoms with van der Waals surface area (Å²) in [5.74, 6) is 0.679. The van der Waals surface area contributed by atoms with Crippen molar-refractivity contribution in [3.63, 3.8) is 0 Å². The minimum atomic E-state index is -0.524. The van der Waals surface area contributed by atoms with Crippen LogP contribution in [-0.4, -0.2) is 5.11 Å². The fraction of sp³-hybridized carbons (Fsp3) is 0.273. The number of aliphatic hydroxyl groups excluding tert-OH is 1. The van der Waals surface area contributed by atoms with Gasteiger partial charge < -0.3 is 9.52 Å². The lowest BCUT2D eigenvalue weighted by molar-refractivity contribution is 0.150. The van der Waals surface area contributed by atoms with Gasteiger partial charge in [-0.3, -0.25) is 0 Å². The largest absolute Gasteiger partial charge is 0.466 e. The summed E-state index contributed by atoms with van der Waals surface area (Å²) in [7, 11) is 0. The van der Waals surface area contributed by atoms with Crippen molar-refractivity contribution in [2.24, 2.45) is 0 Å². The summed E-state index contributed by atoms with van der Waals surface area (Å²) in [5, 5.41) is 11.9. The summed E-state index contributed by atoms with van der Waals surface area (Å²) in [6.07, 6.45) is 1.72. The molecule has 1 atom stereocenters. The first-order valence-electron chi connectivity index (χ1n) is 4.52. The highest BCUT2D eigenvalue weighted by Gasteiger charge is 2.14. The van der Waals surface area contributed by atoms with Gasteiger partial charge in [-0.1, -0.05) is 6.07 Å².